The number of fused-ring (bicyclic) bond motifs is 1. The predicted molar refractivity (Wildman–Crippen MR) is 62.2 cm³/mol. The van der Waals surface area contributed by atoms with Crippen LogP contribution in [0.5, 0.6) is 11.5 Å². The monoisotopic (exact) mass is 273 g/mol. The van der Waals surface area contributed by atoms with Crippen molar-refractivity contribution in [3.63, 3.8) is 0 Å². The second-order valence-electron chi connectivity index (χ2n) is 4.89. The minimum absolute atomic E-state index is 0.00738. The van der Waals surface area contributed by atoms with E-state index in [0.717, 1.165) is 25.6 Å². The van der Waals surface area contributed by atoms with E-state index in [1.165, 1.54) is 6.07 Å². The van der Waals surface area contributed by atoms with Crippen LogP contribution in [0.1, 0.15) is 17.5 Å². The van der Waals surface area contributed by atoms with Crippen LogP contribution in [0.15, 0.2) is 12.1 Å². The molecular formula is C13H14F3NO2. The Morgan fingerprint density at radius 3 is 2.79 bits per heavy atom. The molecule has 3 rings (SSSR count). The Bertz CT molecular complexity index is 482. The molecule has 104 valence electrons. The van der Waals surface area contributed by atoms with E-state index in [4.69, 9.17) is 9.47 Å². The smallest absolute Gasteiger partial charge is 0.416 e. The lowest BCUT2D eigenvalue weighted by Crippen LogP contribution is -2.15. The van der Waals surface area contributed by atoms with Gasteiger partial charge in [0, 0.05) is 5.56 Å². The molecule has 0 aromatic heterocycles. The summed E-state index contributed by atoms with van der Waals surface area (Å²) in [5, 5.41) is 3.17. The zero-order valence-electron chi connectivity index (χ0n) is 10.2. The lowest BCUT2D eigenvalue weighted by Gasteiger charge is -2.17. The third kappa shape index (κ3) is 2.36. The lowest BCUT2D eigenvalue weighted by molar-refractivity contribution is -0.138. The molecule has 2 aliphatic heterocycles. The number of hydrogen-bond donors (Lipinski definition) is 1. The van der Waals surface area contributed by atoms with Crippen LogP contribution in [0.2, 0.25) is 0 Å². The minimum atomic E-state index is -4.36. The molecule has 0 saturated carbocycles. The number of halogens is 3. The Morgan fingerprint density at radius 1 is 1.26 bits per heavy atom. The van der Waals surface area contributed by atoms with Crippen molar-refractivity contribution in [1.29, 1.82) is 0 Å². The average molecular weight is 273 g/mol. The van der Waals surface area contributed by atoms with Gasteiger partial charge in [-0.1, -0.05) is 0 Å². The fourth-order valence-corrected chi connectivity index (χ4v) is 2.68. The van der Waals surface area contributed by atoms with Crippen molar-refractivity contribution in [2.24, 2.45) is 5.92 Å². The number of hydrogen-bond acceptors (Lipinski definition) is 3. The summed E-state index contributed by atoms with van der Waals surface area (Å²) >= 11 is 0. The van der Waals surface area contributed by atoms with Gasteiger partial charge in [0.15, 0.2) is 11.5 Å². The van der Waals surface area contributed by atoms with Gasteiger partial charge in [-0.05, 0) is 44.0 Å². The van der Waals surface area contributed by atoms with E-state index >= 15 is 0 Å². The summed E-state index contributed by atoms with van der Waals surface area (Å²) in [6, 6.07) is 2.42. The van der Waals surface area contributed by atoms with Gasteiger partial charge in [0.2, 0.25) is 6.79 Å². The van der Waals surface area contributed by atoms with E-state index in [0.29, 0.717) is 12.2 Å². The lowest BCUT2D eigenvalue weighted by atomic mass is 9.93. The zero-order chi connectivity index (χ0) is 13.5. The summed E-state index contributed by atoms with van der Waals surface area (Å²) in [5.41, 5.74) is -0.375. The molecule has 2 aliphatic rings. The van der Waals surface area contributed by atoms with Crippen LogP contribution in [0.4, 0.5) is 13.2 Å². The highest BCUT2D eigenvalue weighted by Crippen LogP contribution is 2.44. The van der Waals surface area contributed by atoms with E-state index in [2.05, 4.69) is 5.32 Å². The molecule has 1 unspecified atom stereocenters. The van der Waals surface area contributed by atoms with Gasteiger partial charge in [-0.25, -0.2) is 0 Å². The Kier molecular flexibility index (Phi) is 3.05. The number of ether oxygens (including phenoxy) is 2. The van der Waals surface area contributed by atoms with Gasteiger partial charge < -0.3 is 14.8 Å². The maximum absolute atomic E-state index is 13.1. The van der Waals surface area contributed by atoms with E-state index in [9.17, 15) is 13.2 Å². The molecule has 3 nitrogen and oxygen atoms in total. The van der Waals surface area contributed by atoms with Gasteiger partial charge in [-0.15, -0.1) is 0 Å². The van der Waals surface area contributed by atoms with Crippen LogP contribution in [0, 0.1) is 5.92 Å². The molecule has 2 heterocycles. The third-order valence-corrected chi connectivity index (χ3v) is 3.60. The van der Waals surface area contributed by atoms with Gasteiger partial charge in [0.05, 0.1) is 5.56 Å². The number of benzene rings is 1. The highest BCUT2D eigenvalue weighted by molar-refractivity contribution is 5.53. The van der Waals surface area contributed by atoms with Gasteiger partial charge in [0.25, 0.3) is 0 Å². The fourth-order valence-electron chi connectivity index (χ4n) is 2.68. The van der Waals surface area contributed by atoms with Crippen molar-refractivity contribution in [3.05, 3.63) is 23.3 Å². The molecule has 0 spiro atoms. The van der Waals surface area contributed by atoms with Crippen LogP contribution < -0.4 is 14.8 Å². The SMILES string of the molecule is FC(F)(F)c1ccc2c(c1CC1CCNC1)OCO2. The maximum atomic E-state index is 13.1. The van der Waals surface area contributed by atoms with Crippen LogP contribution in [0.25, 0.3) is 0 Å². The van der Waals surface area contributed by atoms with Gasteiger partial charge in [-0.3, -0.25) is 0 Å². The van der Waals surface area contributed by atoms with E-state index in [-0.39, 0.29) is 24.0 Å². The van der Waals surface area contributed by atoms with E-state index < -0.39 is 11.7 Å². The van der Waals surface area contributed by atoms with Gasteiger partial charge in [0.1, 0.15) is 0 Å². The molecule has 6 heteroatoms. The molecule has 0 amide bonds. The molecule has 0 bridgehead atoms. The Labute approximate surface area is 108 Å². The molecule has 1 aromatic carbocycles. The van der Waals surface area contributed by atoms with Crippen LogP contribution in [-0.4, -0.2) is 19.9 Å². The number of nitrogens with one attached hydrogen (secondary N) is 1. The Balaban J connectivity index is 2.00. The predicted octanol–water partition coefficient (Wildman–Crippen LogP) is 2.59. The van der Waals surface area contributed by atoms with Crippen LogP contribution >= 0.6 is 0 Å². The van der Waals surface area contributed by atoms with Crippen molar-refractivity contribution in [3.8, 4) is 11.5 Å². The molecule has 0 aliphatic carbocycles. The summed E-state index contributed by atoms with van der Waals surface area (Å²) in [6.07, 6.45) is -3.10. The number of rotatable bonds is 2. The first kappa shape index (κ1) is 12.6. The largest absolute Gasteiger partial charge is 0.454 e. The Hall–Kier alpha value is -1.43. The standard InChI is InChI=1S/C13H14F3NO2/c14-13(15,16)10-1-2-11-12(19-7-18-11)9(10)5-8-3-4-17-6-8/h1-2,8,17H,3-7H2. The molecule has 1 fully saturated rings. The Morgan fingerprint density at radius 2 is 2.11 bits per heavy atom. The van der Waals surface area contributed by atoms with Crippen molar-refractivity contribution >= 4 is 0 Å². The molecule has 0 radical (unpaired) electrons. The quantitative estimate of drug-likeness (QED) is 0.898. The molecule has 1 aromatic rings. The zero-order valence-corrected chi connectivity index (χ0v) is 10.2. The van der Waals surface area contributed by atoms with Crippen molar-refractivity contribution in [1.82, 2.24) is 5.32 Å². The third-order valence-electron chi connectivity index (χ3n) is 3.60. The summed E-state index contributed by atoms with van der Waals surface area (Å²) in [7, 11) is 0. The van der Waals surface area contributed by atoms with Crippen molar-refractivity contribution in [2.45, 2.75) is 19.0 Å². The summed E-state index contributed by atoms with van der Waals surface area (Å²) in [5.74, 6) is 0.896. The van der Waals surface area contributed by atoms with E-state index in [1.54, 1.807) is 0 Å². The highest BCUT2D eigenvalue weighted by Gasteiger charge is 2.37. The van der Waals surface area contributed by atoms with Crippen LogP contribution in [0.3, 0.4) is 0 Å². The van der Waals surface area contributed by atoms with Crippen molar-refractivity contribution < 1.29 is 22.6 Å². The molecule has 1 N–H and O–H groups in total. The normalized spacial score (nSPS) is 21.9. The first-order valence-corrected chi connectivity index (χ1v) is 6.25. The molecule has 1 saturated heterocycles. The second-order valence-corrected chi connectivity index (χ2v) is 4.89. The highest BCUT2D eigenvalue weighted by atomic mass is 19.4. The molecular weight excluding hydrogens is 259 g/mol. The topological polar surface area (TPSA) is 30.5 Å². The molecule has 19 heavy (non-hydrogen) atoms. The van der Waals surface area contributed by atoms with Gasteiger partial charge in [-0.2, -0.15) is 13.2 Å². The van der Waals surface area contributed by atoms with Gasteiger partial charge >= 0.3 is 6.18 Å². The number of alkyl halides is 3. The maximum Gasteiger partial charge on any atom is 0.416 e. The van der Waals surface area contributed by atoms with E-state index in [1.807, 2.05) is 0 Å². The summed E-state index contributed by atoms with van der Waals surface area (Å²) < 4.78 is 49.6. The minimum Gasteiger partial charge on any atom is -0.454 e. The average Bonchev–Trinajstić information content (AvgIpc) is 2.96. The van der Waals surface area contributed by atoms with Crippen molar-refractivity contribution in [2.75, 3.05) is 19.9 Å². The fraction of sp³-hybridized carbons (Fsp3) is 0.538. The first-order valence-electron chi connectivity index (χ1n) is 6.25. The summed E-state index contributed by atoms with van der Waals surface area (Å²) in [6.45, 7) is 1.60. The van der Waals surface area contributed by atoms with Crippen LogP contribution in [-0.2, 0) is 12.6 Å². The molecule has 1 atom stereocenters. The first-order chi connectivity index (χ1) is 9.05. The summed E-state index contributed by atoms with van der Waals surface area (Å²) in [4.78, 5) is 0. The second kappa shape index (κ2) is 4.59.